The van der Waals surface area contributed by atoms with Gasteiger partial charge < -0.3 is 20.9 Å². The zero-order chi connectivity index (χ0) is 16.7. The molecule has 0 spiro atoms. The average molecular weight is 314 g/mol. The van der Waals surface area contributed by atoms with Crippen LogP contribution in [0.5, 0.6) is 0 Å². The van der Waals surface area contributed by atoms with E-state index in [9.17, 15) is 18.0 Å². The third-order valence-corrected chi connectivity index (χ3v) is 1.46. The van der Waals surface area contributed by atoms with Gasteiger partial charge in [-0.15, -0.1) is 0 Å². The molecule has 0 rings (SSSR count). The number of nitrogens with one attached hydrogen (secondary N) is 1. The molecule has 5 N–H and O–H groups in total. The normalized spacial score (nSPS) is 14.3. The molecule has 2 amide bonds. The molecule has 9 nitrogen and oxygen atoms in total. The minimum atomic E-state index is -3.67. The van der Waals surface area contributed by atoms with Crippen molar-refractivity contribution in [3.63, 3.8) is 0 Å². The van der Waals surface area contributed by atoms with Crippen LogP contribution < -0.4 is 11.1 Å². The first-order valence-corrected chi connectivity index (χ1v) is 7.37. The van der Waals surface area contributed by atoms with E-state index >= 15 is 0 Å². The van der Waals surface area contributed by atoms with Gasteiger partial charge in [-0.2, -0.15) is 8.42 Å². The van der Waals surface area contributed by atoms with Gasteiger partial charge in [0.25, 0.3) is 10.1 Å². The molecule has 0 aromatic heterocycles. The Balaban J connectivity index is 0. The van der Waals surface area contributed by atoms with Gasteiger partial charge in [-0.25, -0.2) is 4.79 Å². The quantitative estimate of drug-likeness (QED) is 0.499. The lowest BCUT2D eigenvalue weighted by atomic mass is 10.2. The Kier molecular flexibility index (Phi) is 8.39. The number of rotatable bonds is 3. The highest BCUT2D eigenvalue weighted by molar-refractivity contribution is 7.85. The molecule has 20 heavy (non-hydrogen) atoms. The Hall–Kier alpha value is -1.39. The largest absolute Gasteiger partial charge is 0.444 e. The van der Waals surface area contributed by atoms with E-state index in [1.165, 1.54) is 6.92 Å². The molecule has 0 aliphatic carbocycles. The van der Waals surface area contributed by atoms with Crippen LogP contribution >= 0.6 is 0 Å². The molecule has 2 atom stereocenters. The number of primary amides is 1. The fraction of sp³-hybridized carbons (Fsp3) is 0.800. The zero-order valence-corrected chi connectivity index (χ0v) is 12.9. The zero-order valence-electron chi connectivity index (χ0n) is 12.1. The molecule has 0 aromatic carbocycles. The Morgan fingerprint density at radius 2 is 1.65 bits per heavy atom. The average Bonchev–Trinajstić information content (AvgIpc) is 2.07. The van der Waals surface area contributed by atoms with Gasteiger partial charge in [0.2, 0.25) is 5.91 Å². The molecule has 0 fully saturated rings. The van der Waals surface area contributed by atoms with Crippen molar-refractivity contribution in [1.82, 2.24) is 5.32 Å². The van der Waals surface area contributed by atoms with Crippen LogP contribution in [0, 0.1) is 0 Å². The fourth-order valence-electron chi connectivity index (χ4n) is 0.864. The molecule has 10 heteroatoms. The molecule has 0 aliphatic rings. The topological polar surface area (TPSA) is 156 Å². The van der Waals surface area contributed by atoms with E-state index in [4.69, 9.17) is 20.1 Å². The van der Waals surface area contributed by atoms with E-state index in [1.54, 1.807) is 20.8 Å². The molecule has 1 unspecified atom stereocenters. The van der Waals surface area contributed by atoms with Crippen LogP contribution in [0.3, 0.4) is 0 Å². The van der Waals surface area contributed by atoms with Gasteiger partial charge >= 0.3 is 6.09 Å². The fourth-order valence-corrected chi connectivity index (χ4v) is 0.864. The van der Waals surface area contributed by atoms with E-state index < -0.39 is 39.9 Å². The van der Waals surface area contributed by atoms with Gasteiger partial charge in [-0.1, -0.05) is 0 Å². The summed E-state index contributed by atoms with van der Waals surface area (Å²) >= 11 is 0. The summed E-state index contributed by atoms with van der Waals surface area (Å²) < 4.78 is 30.8. The smallest absolute Gasteiger partial charge is 0.408 e. The van der Waals surface area contributed by atoms with Crippen LogP contribution in [0.25, 0.3) is 0 Å². The third-order valence-electron chi connectivity index (χ3n) is 1.46. The van der Waals surface area contributed by atoms with Crippen molar-refractivity contribution in [2.45, 2.75) is 45.4 Å². The second-order valence-corrected chi connectivity index (χ2v) is 6.47. The number of ether oxygens (including phenoxy) is 1. The SMILES string of the molecule is CC(O)[C@H](NC(=O)OC(C)(C)C)C(N)=O.CS(=O)(=O)O. The first kappa shape index (κ1) is 20.9. The van der Waals surface area contributed by atoms with Gasteiger partial charge in [0.05, 0.1) is 12.4 Å². The highest BCUT2D eigenvalue weighted by Crippen LogP contribution is 2.07. The van der Waals surface area contributed by atoms with Crippen molar-refractivity contribution in [3.8, 4) is 0 Å². The monoisotopic (exact) mass is 314 g/mol. The summed E-state index contributed by atoms with van der Waals surface area (Å²) in [6, 6.07) is -1.14. The van der Waals surface area contributed by atoms with Crippen LogP contribution in [0.2, 0.25) is 0 Å². The maximum Gasteiger partial charge on any atom is 0.408 e. The number of hydrogen-bond donors (Lipinski definition) is 4. The summed E-state index contributed by atoms with van der Waals surface area (Å²) in [4.78, 5) is 22.1. The first-order chi connectivity index (χ1) is 8.63. The number of aliphatic hydroxyl groups excluding tert-OH is 1. The predicted molar refractivity (Wildman–Crippen MR) is 71.5 cm³/mol. The van der Waals surface area contributed by atoms with E-state index in [-0.39, 0.29) is 0 Å². The van der Waals surface area contributed by atoms with Gasteiger partial charge in [-0.3, -0.25) is 9.35 Å². The van der Waals surface area contributed by atoms with Crippen molar-refractivity contribution < 1.29 is 32.4 Å². The molecule has 0 saturated heterocycles. The van der Waals surface area contributed by atoms with Gasteiger partial charge in [0.15, 0.2) is 0 Å². The molecule has 0 saturated carbocycles. The van der Waals surface area contributed by atoms with Crippen LogP contribution in [0.1, 0.15) is 27.7 Å². The molecular formula is C10H22N2O7S. The number of hydrogen-bond acceptors (Lipinski definition) is 6. The molecule has 0 aromatic rings. The lowest BCUT2D eigenvalue weighted by molar-refractivity contribution is -0.122. The van der Waals surface area contributed by atoms with Crippen molar-refractivity contribution in [1.29, 1.82) is 0 Å². The second kappa shape index (κ2) is 8.02. The second-order valence-electron chi connectivity index (χ2n) is 5.00. The van der Waals surface area contributed by atoms with Crippen molar-refractivity contribution in [3.05, 3.63) is 0 Å². The number of amides is 2. The first-order valence-electron chi connectivity index (χ1n) is 5.53. The summed E-state index contributed by atoms with van der Waals surface area (Å²) in [6.45, 7) is 6.42. The molecule has 0 aliphatic heterocycles. The lowest BCUT2D eigenvalue weighted by Crippen LogP contribution is -2.51. The molecule has 120 valence electrons. The van der Waals surface area contributed by atoms with E-state index in [2.05, 4.69) is 5.32 Å². The standard InChI is InChI=1S/C9H18N2O4.CH4O3S/c1-5(12)6(7(10)13)11-8(14)15-9(2,3)4;1-5(2,3)4/h5-6,12H,1-4H3,(H2,10,13)(H,11,14);1H3,(H,2,3,4)/t5?,6-;/m0./s1. The van der Waals surface area contributed by atoms with Crippen molar-refractivity contribution in [2.24, 2.45) is 5.73 Å². The molecule has 0 bridgehead atoms. The maximum absolute atomic E-state index is 11.2. The Morgan fingerprint density at radius 3 is 1.85 bits per heavy atom. The molecular weight excluding hydrogens is 292 g/mol. The van der Waals surface area contributed by atoms with Crippen LogP contribution in [0.4, 0.5) is 4.79 Å². The van der Waals surface area contributed by atoms with Crippen molar-refractivity contribution >= 4 is 22.1 Å². The minimum absolute atomic E-state index is 0.662. The number of carbonyl (C=O) groups excluding carboxylic acids is 2. The summed E-state index contributed by atoms with van der Waals surface area (Å²) in [7, 11) is -3.67. The lowest BCUT2D eigenvalue weighted by Gasteiger charge is -2.23. The Bertz CT molecular complexity index is 417. The molecule has 0 heterocycles. The predicted octanol–water partition coefficient (Wildman–Crippen LogP) is -0.750. The number of carbonyl (C=O) groups is 2. The number of aliphatic hydroxyl groups is 1. The van der Waals surface area contributed by atoms with Gasteiger partial charge in [0, 0.05) is 0 Å². The van der Waals surface area contributed by atoms with E-state index in [1.807, 2.05) is 0 Å². The summed E-state index contributed by atoms with van der Waals surface area (Å²) in [5, 5.41) is 11.3. The minimum Gasteiger partial charge on any atom is -0.444 e. The van der Waals surface area contributed by atoms with Crippen LogP contribution in [0.15, 0.2) is 0 Å². The van der Waals surface area contributed by atoms with Gasteiger partial charge in [-0.05, 0) is 27.7 Å². The van der Waals surface area contributed by atoms with Crippen LogP contribution in [-0.4, -0.2) is 54.1 Å². The number of alkyl carbamates (subject to hydrolysis) is 1. The van der Waals surface area contributed by atoms with Gasteiger partial charge in [0.1, 0.15) is 11.6 Å². The Labute approximate surface area is 118 Å². The number of nitrogens with two attached hydrogens (primary N) is 1. The summed E-state index contributed by atoms with van der Waals surface area (Å²) in [5.41, 5.74) is 4.32. The highest BCUT2D eigenvalue weighted by atomic mass is 32.2. The van der Waals surface area contributed by atoms with E-state index in [0.29, 0.717) is 6.26 Å². The summed E-state index contributed by atoms with van der Waals surface area (Å²) in [6.07, 6.45) is -1.13. The Morgan fingerprint density at radius 1 is 1.30 bits per heavy atom. The third kappa shape index (κ3) is 16.6. The highest BCUT2D eigenvalue weighted by Gasteiger charge is 2.25. The van der Waals surface area contributed by atoms with Crippen molar-refractivity contribution in [2.75, 3.05) is 6.26 Å². The van der Waals surface area contributed by atoms with Crippen LogP contribution in [-0.2, 0) is 19.6 Å². The van der Waals surface area contributed by atoms with E-state index in [0.717, 1.165) is 0 Å². The maximum atomic E-state index is 11.2. The summed E-state index contributed by atoms with van der Waals surface area (Å²) in [5.74, 6) is -0.809. The molecule has 0 radical (unpaired) electrons.